The summed E-state index contributed by atoms with van der Waals surface area (Å²) in [7, 11) is 0. The van der Waals surface area contributed by atoms with E-state index >= 15 is 0 Å². The highest BCUT2D eigenvalue weighted by atomic mass is 16.5. The second-order valence-corrected chi connectivity index (χ2v) is 15.0. The van der Waals surface area contributed by atoms with Crippen LogP contribution in [0.1, 0.15) is 164 Å². The van der Waals surface area contributed by atoms with Crippen LogP contribution in [0.25, 0.3) is 0 Å². The molecule has 0 fully saturated rings. The Morgan fingerprint density at radius 1 is 0.556 bits per heavy atom. The van der Waals surface area contributed by atoms with Crippen LogP contribution in [-0.2, 0) is 14.2 Å². The molecule has 0 aliphatic carbocycles. The molecular formula is C33H72O3. The van der Waals surface area contributed by atoms with Crippen LogP contribution in [0, 0.1) is 16.2 Å². The van der Waals surface area contributed by atoms with E-state index < -0.39 is 0 Å². The van der Waals surface area contributed by atoms with Gasteiger partial charge < -0.3 is 14.2 Å². The van der Waals surface area contributed by atoms with E-state index in [0.717, 1.165) is 25.9 Å². The fraction of sp³-hybridized carbons (Fsp3) is 1.00. The zero-order chi connectivity index (χ0) is 29.8. The van der Waals surface area contributed by atoms with Gasteiger partial charge in [-0.25, -0.2) is 0 Å². The van der Waals surface area contributed by atoms with Crippen LogP contribution < -0.4 is 0 Å². The fourth-order valence-corrected chi connectivity index (χ4v) is 4.23. The zero-order valence-electron chi connectivity index (χ0n) is 28.9. The Kier molecular flexibility index (Phi) is 18.0. The Bertz CT molecular complexity index is 496. The van der Waals surface area contributed by atoms with Gasteiger partial charge in [0, 0.05) is 6.61 Å². The van der Waals surface area contributed by atoms with Gasteiger partial charge in [0.15, 0.2) is 0 Å². The molecule has 222 valence electrons. The van der Waals surface area contributed by atoms with E-state index in [1.807, 2.05) is 13.8 Å². The molecule has 0 saturated carbocycles. The zero-order valence-corrected chi connectivity index (χ0v) is 28.9. The highest BCUT2D eigenvalue weighted by Gasteiger charge is 2.42. The van der Waals surface area contributed by atoms with Gasteiger partial charge in [0.05, 0.1) is 29.0 Å². The summed E-state index contributed by atoms with van der Waals surface area (Å²) in [5.41, 5.74) is -0.331. The Hall–Kier alpha value is -0.120. The largest absolute Gasteiger partial charge is 0.375 e. The third-order valence-electron chi connectivity index (χ3n) is 7.20. The average Bonchev–Trinajstić information content (AvgIpc) is 2.58. The van der Waals surface area contributed by atoms with Crippen molar-refractivity contribution >= 4 is 0 Å². The standard InChI is InChI=1S/C28H58O3.C3H8.C2H6/c1-21(19-23(3,4)5)31-28(15,16)25(9,10)17-18-29-27(13,14)26(11,12)20-22(2)30-24(6,7)8;1-3-2;1-2/h21-22H,17-20H2,1-16H3;3H2,1-2H3;1-2H3. The number of hydrogen-bond donors (Lipinski definition) is 0. The Morgan fingerprint density at radius 2 is 0.944 bits per heavy atom. The summed E-state index contributed by atoms with van der Waals surface area (Å²) >= 11 is 0. The van der Waals surface area contributed by atoms with Crippen molar-refractivity contribution in [3.63, 3.8) is 0 Å². The topological polar surface area (TPSA) is 27.7 Å². The van der Waals surface area contributed by atoms with Gasteiger partial charge >= 0.3 is 0 Å². The minimum absolute atomic E-state index is 0.00199. The van der Waals surface area contributed by atoms with Crippen molar-refractivity contribution in [3.8, 4) is 0 Å². The highest BCUT2D eigenvalue weighted by molar-refractivity contribution is 4.92. The van der Waals surface area contributed by atoms with Gasteiger partial charge in [0.25, 0.3) is 0 Å². The van der Waals surface area contributed by atoms with E-state index in [4.69, 9.17) is 14.2 Å². The van der Waals surface area contributed by atoms with Crippen LogP contribution in [0.5, 0.6) is 0 Å². The first-order valence-corrected chi connectivity index (χ1v) is 14.8. The molecule has 0 radical (unpaired) electrons. The van der Waals surface area contributed by atoms with Crippen molar-refractivity contribution in [1.29, 1.82) is 0 Å². The molecule has 3 heteroatoms. The summed E-state index contributed by atoms with van der Waals surface area (Å²) < 4.78 is 19.3. The Labute approximate surface area is 230 Å². The molecule has 0 aromatic rings. The molecule has 0 N–H and O–H groups in total. The number of ether oxygens (including phenoxy) is 3. The lowest BCUT2D eigenvalue weighted by atomic mass is 9.72. The summed E-state index contributed by atoms with van der Waals surface area (Å²) in [5, 5.41) is 0. The predicted molar refractivity (Wildman–Crippen MR) is 163 cm³/mol. The number of hydrogen-bond acceptors (Lipinski definition) is 3. The van der Waals surface area contributed by atoms with Crippen molar-refractivity contribution in [2.24, 2.45) is 16.2 Å². The van der Waals surface area contributed by atoms with E-state index in [1.165, 1.54) is 6.42 Å². The molecule has 0 aliphatic rings. The normalized spacial score (nSPS) is 15.3. The van der Waals surface area contributed by atoms with Crippen LogP contribution in [0.3, 0.4) is 0 Å². The van der Waals surface area contributed by atoms with E-state index in [2.05, 4.69) is 125 Å². The minimum atomic E-state index is -0.247. The Morgan fingerprint density at radius 3 is 1.31 bits per heavy atom. The van der Waals surface area contributed by atoms with E-state index in [1.54, 1.807) is 0 Å². The van der Waals surface area contributed by atoms with Gasteiger partial charge in [-0.3, -0.25) is 0 Å². The van der Waals surface area contributed by atoms with Crippen LogP contribution in [0.2, 0.25) is 0 Å². The lowest BCUT2D eigenvalue weighted by molar-refractivity contribution is -0.162. The van der Waals surface area contributed by atoms with Crippen molar-refractivity contribution in [3.05, 3.63) is 0 Å². The van der Waals surface area contributed by atoms with E-state index in [-0.39, 0.29) is 45.3 Å². The van der Waals surface area contributed by atoms with Crippen LogP contribution in [0.15, 0.2) is 0 Å². The maximum atomic E-state index is 6.56. The maximum absolute atomic E-state index is 6.56. The SMILES string of the molecule is CC.CC(CC(C)(C)C(C)(C)OCCC(C)(C)C(C)(C)OC(C)CC(C)(C)C)OC(C)(C)C.CCC. The third-order valence-corrected chi connectivity index (χ3v) is 7.20. The summed E-state index contributed by atoms with van der Waals surface area (Å²) in [6.45, 7) is 44.6. The molecule has 0 amide bonds. The molecular weight excluding hydrogens is 444 g/mol. The summed E-state index contributed by atoms with van der Waals surface area (Å²) in [4.78, 5) is 0. The van der Waals surface area contributed by atoms with Gasteiger partial charge in [-0.15, -0.1) is 0 Å². The third kappa shape index (κ3) is 17.4. The molecule has 0 rings (SSSR count). The molecule has 2 atom stereocenters. The molecule has 3 nitrogen and oxygen atoms in total. The first-order chi connectivity index (χ1) is 15.8. The van der Waals surface area contributed by atoms with Crippen LogP contribution in [-0.4, -0.2) is 35.6 Å². The van der Waals surface area contributed by atoms with Crippen LogP contribution >= 0.6 is 0 Å². The van der Waals surface area contributed by atoms with E-state index in [9.17, 15) is 0 Å². The van der Waals surface area contributed by atoms with Gasteiger partial charge in [-0.2, -0.15) is 0 Å². The van der Waals surface area contributed by atoms with E-state index in [0.29, 0.717) is 0 Å². The first kappa shape index (κ1) is 40.4. The summed E-state index contributed by atoms with van der Waals surface area (Å²) in [6, 6.07) is 0. The smallest absolute Gasteiger partial charge is 0.0681 e. The van der Waals surface area contributed by atoms with Gasteiger partial charge in [0.2, 0.25) is 0 Å². The molecule has 0 aromatic carbocycles. The van der Waals surface area contributed by atoms with Crippen LogP contribution in [0.4, 0.5) is 0 Å². The van der Waals surface area contributed by atoms with Gasteiger partial charge in [-0.1, -0.05) is 82.6 Å². The fourth-order valence-electron chi connectivity index (χ4n) is 4.23. The average molecular weight is 517 g/mol. The molecule has 36 heavy (non-hydrogen) atoms. The van der Waals surface area contributed by atoms with Crippen molar-refractivity contribution < 1.29 is 14.2 Å². The maximum Gasteiger partial charge on any atom is 0.0681 e. The molecule has 0 saturated heterocycles. The monoisotopic (exact) mass is 517 g/mol. The Balaban J connectivity index is -0.00000201. The van der Waals surface area contributed by atoms with Crippen molar-refractivity contribution in [2.75, 3.05) is 6.61 Å². The quantitative estimate of drug-likeness (QED) is 0.258. The molecule has 0 heterocycles. The lowest BCUT2D eigenvalue weighted by Gasteiger charge is -2.46. The molecule has 0 spiro atoms. The molecule has 2 unspecified atom stereocenters. The first-order valence-electron chi connectivity index (χ1n) is 14.8. The predicted octanol–water partition coefficient (Wildman–Crippen LogP) is 10.9. The summed E-state index contributed by atoms with van der Waals surface area (Å²) in [6.07, 6.45) is 4.63. The minimum Gasteiger partial charge on any atom is -0.375 e. The molecule has 0 aliphatic heterocycles. The van der Waals surface area contributed by atoms with Crippen molar-refractivity contribution in [1.82, 2.24) is 0 Å². The summed E-state index contributed by atoms with van der Waals surface area (Å²) in [5.74, 6) is 0. The van der Waals surface area contributed by atoms with Gasteiger partial charge in [-0.05, 0) is 97.8 Å². The van der Waals surface area contributed by atoms with Gasteiger partial charge in [0.1, 0.15) is 0 Å². The van der Waals surface area contributed by atoms with Crippen molar-refractivity contribution in [2.45, 2.75) is 193 Å². The molecule has 0 bridgehead atoms. The number of rotatable bonds is 12. The highest BCUT2D eigenvalue weighted by Crippen LogP contribution is 2.42. The lowest BCUT2D eigenvalue weighted by Crippen LogP contribution is -2.47. The second kappa shape index (κ2) is 16.1. The molecule has 0 aromatic heterocycles. The second-order valence-electron chi connectivity index (χ2n) is 15.0.